The molecule has 1 aliphatic heterocycles. The Morgan fingerprint density at radius 1 is 1.48 bits per heavy atom. The van der Waals surface area contributed by atoms with Gasteiger partial charge in [0.1, 0.15) is 5.01 Å². The number of aromatic nitrogens is 1. The smallest absolute Gasteiger partial charge is 0.191 e. The summed E-state index contributed by atoms with van der Waals surface area (Å²) in [6.45, 7) is 13.7. The summed E-state index contributed by atoms with van der Waals surface area (Å²) in [5.74, 6) is 1.63. The summed E-state index contributed by atoms with van der Waals surface area (Å²) < 4.78 is 0. The predicted molar refractivity (Wildman–Crippen MR) is 99.1 cm³/mol. The highest BCUT2D eigenvalue weighted by molar-refractivity contribution is 7.11. The number of hydrogen-bond donors (Lipinski definition) is 2. The molecule has 1 atom stereocenters. The molecule has 0 saturated carbocycles. The summed E-state index contributed by atoms with van der Waals surface area (Å²) in [5.41, 5.74) is 0. The van der Waals surface area contributed by atoms with Crippen LogP contribution in [0, 0.1) is 12.8 Å². The van der Waals surface area contributed by atoms with Crippen LogP contribution in [0.3, 0.4) is 0 Å². The van der Waals surface area contributed by atoms with Crippen LogP contribution in [0.4, 0.5) is 0 Å². The predicted octanol–water partition coefficient (Wildman–Crippen LogP) is 2.63. The molecule has 6 heteroatoms. The summed E-state index contributed by atoms with van der Waals surface area (Å²) in [6.07, 6.45) is 4.51. The van der Waals surface area contributed by atoms with Crippen LogP contribution in [0.2, 0.25) is 0 Å². The Morgan fingerprint density at radius 3 is 2.96 bits per heavy atom. The summed E-state index contributed by atoms with van der Waals surface area (Å²) in [6, 6.07) is 0.628. The molecule has 5 nitrogen and oxygen atoms in total. The maximum absolute atomic E-state index is 4.67. The summed E-state index contributed by atoms with van der Waals surface area (Å²) in [4.78, 5) is 12.9. The quantitative estimate of drug-likeness (QED) is 0.593. The minimum absolute atomic E-state index is 0.628. The van der Waals surface area contributed by atoms with Gasteiger partial charge >= 0.3 is 0 Å². The van der Waals surface area contributed by atoms with Crippen molar-refractivity contribution in [3.63, 3.8) is 0 Å². The summed E-state index contributed by atoms with van der Waals surface area (Å²) >= 11 is 1.72. The van der Waals surface area contributed by atoms with Crippen LogP contribution in [-0.4, -0.2) is 48.1 Å². The number of rotatable bonds is 7. The Hall–Kier alpha value is -1.14. The minimum Gasteiger partial charge on any atom is -0.357 e. The van der Waals surface area contributed by atoms with Crippen LogP contribution in [0.5, 0.6) is 0 Å². The topological polar surface area (TPSA) is 52.6 Å². The molecule has 1 aromatic rings. The lowest BCUT2D eigenvalue weighted by Crippen LogP contribution is -2.45. The van der Waals surface area contributed by atoms with Crippen molar-refractivity contribution in [3.8, 4) is 0 Å². The van der Waals surface area contributed by atoms with E-state index in [9.17, 15) is 0 Å². The fourth-order valence-electron chi connectivity index (χ4n) is 3.01. The van der Waals surface area contributed by atoms with Gasteiger partial charge in [-0.3, -0.25) is 4.90 Å². The number of nitrogens with zero attached hydrogens (tertiary/aromatic N) is 3. The SMILES string of the molecule is CCNC(=NCc1ncc(C)s1)NC[C@H]1CCCN1CC(C)C. The van der Waals surface area contributed by atoms with E-state index in [1.54, 1.807) is 11.3 Å². The first-order valence-electron chi connectivity index (χ1n) is 8.76. The van der Waals surface area contributed by atoms with Gasteiger partial charge in [0, 0.05) is 36.8 Å². The van der Waals surface area contributed by atoms with Gasteiger partial charge in [0.2, 0.25) is 0 Å². The number of nitrogens with one attached hydrogen (secondary N) is 2. The molecule has 23 heavy (non-hydrogen) atoms. The zero-order valence-electron chi connectivity index (χ0n) is 14.9. The molecule has 0 radical (unpaired) electrons. The highest BCUT2D eigenvalue weighted by atomic mass is 32.1. The number of aryl methyl sites for hydroxylation is 1. The molecular formula is C17H31N5S. The lowest BCUT2D eigenvalue weighted by molar-refractivity contribution is 0.226. The second kappa shape index (κ2) is 9.23. The second-order valence-corrected chi connectivity index (χ2v) is 7.94. The van der Waals surface area contributed by atoms with Crippen LogP contribution in [0.25, 0.3) is 0 Å². The van der Waals surface area contributed by atoms with Gasteiger partial charge in [0.15, 0.2) is 5.96 Å². The van der Waals surface area contributed by atoms with E-state index < -0.39 is 0 Å². The Labute approximate surface area is 144 Å². The van der Waals surface area contributed by atoms with Crippen LogP contribution in [0.1, 0.15) is 43.5 Å². The zero-order valence-corrected chi connectivity index (χ0v) is 15.7. The standard InChI is InChI=1S/C17H31N5S/c1-5-18-17(21-11-16-19-9-14(4)23-16)20-10-15-7-6-8-22(15)12-13(2)3/h9,13,15H,5-8,10-12H2,1-4H3,(H2,18,20,21)/t15-/m1/s1. The molecule has 2 rings (SSSR count). The fraction of sp³-hybridized carbons (Fsp3) is 0.765. The molecule has 0 aliphatic carbocycles. The molecule has 2 heterocycles. The van der Waals surface area contributed by atoms with E-state index in [2.05, 4.69) is 53.2 Å². The number of hydrogen-bond acceptors (Lipinski definition) is 4. The molecule has 1 aliphatic rings. The summed E-state index contributed by atoms with van der Waals surface area (Å²) in [7, 11) is 0. The molecule has 2 N–H and O–H groups in total. The lowest BCUT2D eigenvalue weighted by Gasteiger charge is -2.27. The molecule has 0 bridgehead atoms. The van der Waals surface area contributed by atoms with E-state index in [-0.39, 0.29) is 0 Å². The number of guanidine groups is 1. The minimum atomic E-state index is 0.628. The highest BCUT2D eigenvalue weighted by Crippen LogP contribution is 2.18. The zero-order chi connectivity index (χ0) is 16.7. The van der Waals surface area contributed by atoms with Crippen LogP contribution < -0.4 is 10.6 Å². The van der Waals surface area contributed by atoms with Crippen LogP contribution >= 0.6 is 11.3 Å². The van der Waals surface area contributed by atoms with E-state index >= 15 is 0 Å². The second-order valence-electron chi connectivity index (χ2n) is 6.63. The molecule has 0 amide bonds. The van der Waals surface area contributed by atoms with Gasteiger partial charge in [-0.25, -0.2) is 9.98 Å². The average molecular weight is 338 g/mol. The van der Waals surface area contributed by atoms with E-state index in [1.807, 2.05) is 6.20 Å². The summed E-state index contributed by atoms with van der Waals surface area (Å²) in [5, 5.41) is 7.92. The van der Waals surface area contributed by atoms with Crippen molar-refractivity contribution in [2.45, 2.75) is 53.1 Å². The molecule has 0 spiro atoms. The monoisotopic (exact) mass is 337 g/mol. The van der Waals surface area contributed by atoms with Crippen molar-refractivity contribution in [2.75, 3.05) is 26.2 Å². The van der Waals surface area contributed by atoms with E-state index in [4.69, 9.17) is 0 Å². The van der Waals surface area contributed by atoms with Crippen LogP contribution in [-0.2, 0) is 6.54 Å². The van der Waals surface area contributed by atoms with Crippen molar-refractivity contribution >= 4 is 17.3 Å². The molecule has 0 aromatic carbocycles. The van der Waals surface area contributed by atoms with Gasteiger partial charge in [-0.15, -0.1) is 11.3 Å². The first kappa shape index (κ1) is 18.2. The number of thiazole rings is 1. The Morgan fingerprint density at radius 2 is 2.30 bits per heavy atom. The Balaban J connectivity index is 1.86. The molecular weight excluding hydrogens is 306 g/mol. The van der Waals surface area contributed by atoms with Gasteiger partial charge < -0.3 is 10.6 Å². The van der Waals surface area contributed by atoms with Gasteiger partial charge in [0.25, 0.3) is 0 Å². The van der Waals surface area contributed by atoms with Gasteiger partial charge in [-0.05, 0) is 39.2 Å². The third kappa shape index (κ3) is 6.11. The van der Waals surface area contributed by atoms with Crippen molar-refractivity contribution in [1.29, 1.82) is 0 Å². The highest BCUT2D eigenvalue weighted by Gasteiger charge is 2.24. The molecule has 1 fully saturated rings. The van der Waals surface area contributed by atoms with E-state index in [1.165, 1.54) is 30.8 Å². The Bertz CT molecular complexity index is 497. The van der Waals surface area contributed by atoms with E-state index in [0.717, 1.165) is 30.0 Å². The first-order chi connectivity index (χ1) is 11.1. The third-order valence-electron chi connectivity index (χ3n) is 3.99. The van der Waals surface area contributed by atoms with Gasteiger partial charge in [-0.1, -0.05) is 13.8 Å². The molecule has 130 valence electrons. The van der Waals surface area contributed by atoms with Crippen molar-refractivity contribution < 1.29 is 0 Å². The molecule has 0 unspecified atom stereocenters. The van der Waals surface area contributed by atoms with Crippen molar-refractivity contribution in [1.82, 2.24) is 20.5 Å². The number of aliphatic imine (C=N–C) groups is 1. The van der Waals surface area contributed by atoms with Crippen molar-refractivity contribution in [3.05, 3.63) is 16.1 Å². The van der Waals surface area contributed by atoms with Crippen LogP contribution in [0.15, 0.2) is 11.2 Å². The maximum Gasteiger partial charge on any atom is 0.191 e. The number of likely N-dealkylation sites (tertiary alicyclic amines) is 1. The fourth-order valence-corrected chi connectivity index (χ4v) is 3.72. The third-order valence-corrected chi connectivity index (χ3v) is 4.89. The average Bonchev–Trinajstić information content (AvgIpc) is 3.10. The van der Waals surface area contributed by atoms with Gasteiger partial charge in [0.05, 0.1) is 6.54 Å². The van der Waals surface area contributed by atoms with Gasteiger partial charge in [-0.2, -0.15) is 0 Å². The van der Waals surface area contributed by atoms with E-state index in [0.29, 0.717) is 12.6 Å². The molecule has 1 aromatic heterocycles. The first-order valence-corrected chi connectivity index (χ1v) is 9.57. The maximum atomic E-state index is 4.67. The normalized spacial score (nSPS) is 19.5. The van der Waals surface area contributed by atoms with Crippen molar-refractivity contribution in [2.24, 2.45) is 10.9 Å². The largest absolute Gasteiger partial charge is 0.357 e. The molecule has 1 saturated heterocycles. The Kier molecular flexibility index (Phi) is 7.30. The lowest BCUT2D eigenvalue weighted by atomic mass is 10.1.